The molecule has 0 unspecified atom stereocenters. The van der Waals surface area contributed by atoms with Crippen LogP contribution < -0.4 is 0 Å². The normalized spacial score (nSPS) is 21.6. The molecule has 3 heteroatoms. The van der Waals surface area contributed by atoms with Gasteiger partial charge in [-0.25, -0.2) is 0 Å². The monoisotopic (exact) mass is 395 g/mol. The molecule has 0 amide bonds. The van der Waals surface area contributed by atoms with E-state index in [2.05, 4.69) is 63.2 Å². The molecule has 28 heavy (non-hydrogen) atoms. The van der Waals surface area contributed by atoms with E-state index in [1.165, 1.54) is 78.0 Å². The molecule has 2 saturated heterocycles. The van der Waals surface area contributed by atoms with E-state index in [-0.39, 0.29) is 0 Å². The van der Waals surface area contributed by atoms with Crippen LogP contribution in [-0.4, -0.2) is 72.6 Å². The Morgan fingerprint density at radius 3 is 1.82 bits per heavy atom. The number of hydrogen-bond acceptors (Lipinski definition) is 3. The van der Waals surface area contributed by atoms with E-state index in [9.17, 15) is 0 Å². The van der Waals surface area contributed by atoms with E-state index in [1.54, 1.807) is 0 Å². The topological polar surface area (TPSA) is 9.72 Å². The van der Waals surface area contributed by atoms with Crippen LogP contribution in [0.15, 0.2) is 0 Å². The van der Waals surface area contributed by atoms with E-state index in [4.69, 9.17) is 0 Å². The second kappa shape index (κ2) is 11.9. The fourth-order valence-electron chi connectivity index (χ4n) is 5.42. The lowest BCUT2D eigenvalue weighted by molar-refractivity contribution is -0.0000703. The number of piperidine rings is 1. The molecule has 0 aliphatic carbocycles. The summed E-state index contributed by atoms with van der Waals surface area (Å²) in [6.45, 7) is 31.2. The zero-order chi connectivity index (χ0) is 21.4. The minimum Gasteiger partial charge on any atom is -0.304 e. The quantitative estimate of drug-likeness (QED) is 0.529. The summed E-state index contributed by atoms with van der Waals surface area (Å²) in [5.74, 6) is 1.71. The molecular weight excluding hydrogens is 342 g/mol. The maximum absolute atomic E-state index is 2.78. The van der Waals surface area contributed by atoms with Gasteiger partial charge in [0.1, 0.15) is 0 Å². The zero-order valence-corrected chi connectivity index (χ0v) is 21.0. The molecule has 0 spiro atoms. The molecular formula is C25H53N3. The average Bonchev–Trinajstić information content (AvgIpc) is 2.67. The summed E-state index contributed by atoms with van der Waals surface area (Å²) in [6.07, 6.45) is 5.44. The second-order valence-corrected chi connectivity index (χ2v) is 10.7. The first kappa shape index (κ1) is 25.9. The van der Waals surface area contributed by atoms with Crippen LogP contribution in [0.25, 0.3) is 0 Å². The van der Waals surface area contributed by atoms with Gasteiger partial charge < -0.3 is 9.80 Å². The van der Waals surface area contributed by atoms with Crippen molar-refractivity contribution in [2.24, 2.45) is 17.3 Å². The Morgan fingerprint density at radius 2 is 1.36 bits per heavy atom. The highest BCUT2D eigenvalue weighted by molar-refractivity contribution is 4.94. The third kappa shape index (κ3) is 7.95. The van der Waals surface area contributed by atoms with E-state index < -0.39 is 0 Å². The first-order valence-electron chi connectivity index (χ1n) is 12.3. The van der Waals surface area contributed by atoms with Gasteiger partial charge in [-0.1, -0.05) is 48.5 Å². The minimum atomic E-state index is 0.315. The molecule has 3 nitrogen and oxygen atoms in total. The van der Waals surface area contributed by atoms with Gasteiger partial charge in [-0.2, -0.15) is 0 Å². The first-order chi connectivity index (χ1) is 13.1. The van der Waals surface area contributed by atoms with Gasteiger partial charge in [0, 0.05) is 31.7 Å². The Morgan fingerprint density at radius 1 is 0.821 bits per heavy atom. The van der Waals surface area contributed by atoms with Crippen LogP contribution >= 0.6 is 0 Å². The fraction of sp³-hybridized carbons (Fsp3) is 1.00. The summed E-state index contributed by atoms with van der Waals surface area (Å²) in [7, 11) is 0. The van der Waals surface area contributed by atoms with Crippen molar-refractivity contribution in [2.75, 3.05) is 52.4 Å². The summed E-state index contributed by atoms with van der Waals surface area (Å²) in [6, 6.07) is 0. The molecule has 0 bridgehead atoms. The fourth-order valence-corrected chi connectivity index (χ4v) is 5.42. The van der Waals surface area contributed by atoms with Crippen molar-refractivity contribution in [2.45, 2.75) is 93.5 Å². The molecule has 0 aromatic carbocycles. The van der Waals surface area contributed by atoms with Crippen LogP contribution in [0.1, 0.15) is 88.0 Å². The Bertz CT molecular complexity index is 400. The van der Waals surface area contributed by atoms with Gasteiger partial charge in [-0.15, -0.1) is 0 Å². The van der Waals surface area contributed by atoms with Gasteiger partial charge in [-0.3, -0.25) is 4.90 Å². The molecule has 0 aromatic heterocycles. The zero-order valence-electron chi connectivity index (χ0n) is 21.0. The molecule has 2 fully saturated rings. The minimum absolute atomic E-state index is 0.315. The molecule has 2 aliphatic rings. The van der Waals surface area contributed by atoms with Crippen molar-refractivity contribution in [1.82, 2.24) is 14.7 Å². The number of piperazine rings is 1. The van der Waals surface area contributed by atoms with Crippen LogP contribution in [0.5, 0.6) is 0 Å². The lowest BCUT2D eigenvalue weighted by atomic mass is 9.67. The smallest absolute Gasteiger partial charge is 0.0159 e. The number of hydrogen-bond donors (Lipinski definition) is 0. The molecule has 0 N–H and O–H groups in total. The van der Waals surface area contributed by atoms with E-state index in [1.807, 2.05) is 13.8 Å². The summed E-state index contributed by atoms with van der Waals surface area (Å²) in [4.78, 5) is 8.08. The first-order valence-corrected chi connectivity index (χ1v) is 12.3. The van der Waals surface area contributed by atoms with Crippen LogP contribution in [0, 0.1) is 17.3 Å². The van der Waals surface area contributed by atoms with E-state index in [0.717, 1.165) is 11.8 Å². The maximum Gasteiger partial charge on any atom is 0.0159 e. The summed E-state index contributed by atoms with van der Waals surface area (Å²) >= 11 is 0. The molecule has 0 saturated carbocycles. The molecule has 0 atom stereocenters. The highest BCUT2D eigenvalue weighted by atomic mass is 15.3. The predicted molar refractivity (Wildman–Crippen MR) is 126 cm³/mol. The van der Waals surface area contributed by atoms with Crippen LogP contribution in [0.4, 0.5) is 0 Å². The SMILES string of the molecule is CC.CCN1CCC(C(C)(C)CC(C)(C)N2CCN(CCC(C)C)CC2)CC1. The van der Waals surface area contributed by atoms with Gasteiger partial charge in [0.25, 0.3) is 0 Å². The van der Waals surface area contributed by atoms with Gasteiger partial charge in [0.2, 0.25) is 0 Å². The van der Waals surface area contributed by atoms with Crippen LogP contribution in [-0.2, 0) is 0 Å². The third-order valence-corrected chi connectivity index (χ3v) is 7.28. The van der Waals surface area contributed by atoms with Crippen molar-refractivity contribution in [3.05, 3.63) is 0 Å². The molecule has 0 aromatic rings. The number of likely N-dealkylation sites (tertiary alicyclic amines) is 1. The molecule has 2 aliphatic heterocycles. The lowest BCUT2D eigenvalue weighted by Crippen LogP contribution is -2.56. The lowest BCUT2D eigenvalue weighted by Gasteiger charge is -2.50. The van der Waals surface area contributed by atoms with E-state index >= 15 is 0 Å². The van der Waals surface area contributed by atoms with Crippen molar-refractivity contribution >= 4 is 0 Å². The van der Waals surface area contributed by atoms with Gasteiger partial charge >= 0.3 is 0 Å². The van der Waals surface area contributed by atoms with Gasteiger partial charge in [0.15, 0.2) is 0 Å². The second-order valence-electron chi connectivity index (χ2n) is 10.7. The Balaban J connectivity index is 0.00000190. The average molecular weight is 396 g/mol. The predicted octanol–water partition coefficient (Wildman–Crippen LogP) is 5.60. The molecule has 2 heterocycles. The summed E-state index contributed by atoms with van der Waals surface area (Å²) in [5, 5.41) is 0. The van der Waals surface area contributed by atoms with Crippen LogP contribution in [0.2, 0.25) is 0 Å². The summed E-state index contributed by atoms with van der Waals surface area (Å²) in [5.41, 5.74) is 0.758. The van der Waals surface area contributed by atoms with Gasteiger partial charge in [0.05, 0.1) is 0 Å². The molecule has 2 rings (SSSR count). The summed E-state index contributed by atoms with van der Waals surface area (Å²) < 4.78 is 0. The van der Waals surface area contributed by atoms with Crippen molar-refractivity contribution in [3.63, 3.8) is 0 Å². The third-order valence-electron chi connectivity index (χ3n) is 7.28. The van der Waals surface area contributed by atoms with Crippen molar-refractivity contribution < 1.29 is 0 Å². The van der Waals surface area contributed by atoms with Crippen molar-refractivity contribution in [1.29, 1.82) is 0 Å². The maximum atomic E-state index is 2.78. The number of rotatable bonds is 8. The Labute approximate surface area is 178 Å². The molecule has 168 valence electrons. The van der Waals surface area contributed by atoms with Gasteiger partial charge in [-0.05, 0) is 83.0 Å². The van der Waals surface area contributed by atoms with E-state index in [0.29, 0.717) is 11.0 Å². The van der Waals surface area contributed by atoms with Crippen LogP contribution in [0.3, 0.4) is 0 Å². The Hall–Kier alpha value is -0.120. The van der Waals surface area contributed by atoms with Crippen molar-refractivity contribution in [3.8, 4) is 0 Å². The Kier molecular flexibility index (Phi) is 11.0. The highest BCUT2D eigenvalue weighted by Gasteiger charge is 2.39. The largest absolute Gasteiger partial charge is 0.304 e. The number of nitrogens with zero attached hydrogens (tertiary/aromatic N) is 3. The highest BCUT2D eigenvalue weighted by Crippen LogP contribution is 2.42. The molecule has 0 radical (unpaired) electrons. The standard InChI is InChI=1S/C23H47N3.C2H6/c1-8-24-13-10-21(11-14-24)22(4,5)19-23(6,7)26-17-15-25(16-18-26)12-9-20(2)3;1-2/h20-21H,8-19H2,1-7H3;1-2H3.